The van der Waals surface area contributed by atoms with Crippen LogP contribution in [-0.2, 0) is 9.47 Å². The summed E-state index contributed by atoms with van der Waals surface area (Å²) in [5.74, 6) is 0. The van der Waals surface area contributed by atoms with Crippen molar-refractivity contribution in [1.82, 2.24) is 5.32 Å². The highest BCUT2D eigenvalue weighted by Gasteiger charge is 2.13. The number of hydrogen-bond donors (Lipinski definition) is 2. The smallest absolute Gasteiger partial charge is 0.405 e. The van der Waals surface area contributed by atoms with E-state index in [1.54, 1.807) is 0 Å². The number of ether oxygens (including phenoxy) is 2. The zero-order chi connectivity index (χ0) is 15.6. The average Bonchev–Trinajstić information content (AvgIpc) is 2.55. The lowest BCUT2D eigenvalue weighted by molar-refractivity contribution is -0.161. The standard InChI is InChI=1S/C17H23NO4/c19-17(20)18-15(14-8-2-1-3-9-14)10-4-6-12-21-16-11-5-7-13-22-16/h1-4,8-10,15-16,18H,5-7,11-13H2,(H,19,20)/b10-4+. The summed E-state index contributed by atoms with van der Waals surface area (Å²) >= 11 is 0. The van der Waals surface area contributed by atoms with Gasteiger partial charge in [0, 0.05) is 6.61 Å². The van der Waals surface area contributed by atoms with E-state index in [-0.39, 0.29) is 12.3 Å². The van der Waals surface area contributed by atoms with Gasteiger partial charge < -0.3 is 19.9 Å². The largest absolute Gasteiger partial charge is 0.465 e. The second kappa shape index (κ2) is 9.23. The highest BCUT2D eigenvalue weighted by molar-refractivity contribution is 5.65. The van der Waals surface area contributed by atoms with Gasteiger partial charge in [-0.1, -0.05) is 42.5 Å². The van der Waals surface area contributed by atoms with Gasteiger partial charge in [0.25, 0.3) is 0 Å². The third-order valence-corrected chi connectivity index (χ3v) is 3.49. The maximum atomic E-state index is 10.9. The fraction of sp³-hybridized carbons (Fsp3) is 0.471. The fourth-order valence-corrected chi connectivity index (χ4v) is 2.38. The molecule has 1 fully saturated rings. The summed E-state index contributed by atoms with van der Waals surface area (Å²) in [6, 6.07) is 9.15. The Morgan fingerprint density at radius 3 is 2.91 bits per heavy atom. The molecule has 2 N–H and O–H groups in total. The van der Waals surface area contributed by atoms with E-state index in [9.17, 15) is 4.79 Å². The van der Waals surface area contributed by atoms with E-state index in [0.717, 1.165) is 37.9 Å². The first-order valence-corrected chi connectivity index (χ1v) is 7.70. The maximum Gasteiger partial charge on any atom is 0.405 e. The average molecular weight is 305 g/mol. The quantitative estimate of drug-likeness (QED) is 0.598. The van der Waals surface area contributed by atoms with E-state index in [1.165, 1.54) is 0 Å². The molecule has 2 rings (SSSR count). The Morgan fingerprint density at radius 2 is 2.23 bits per heavy atom. The van der Waals surface area contributed by atoms with Crippen molar-refractivity contribution in [2.45, 2.75) is 38.0 Å². The molecule has 2 unspecified atom stereocenters. The van der Waals surface area contributed by atoms with Gasteiger partial charge in [0.15, 0.2) is 6.29 Å². The molecule has 22 heavy (non-hydrogen) atoms. The van der Waals surface area contributed by atoms with E-state index < -0.39 is 6.09 Å². The second-order valence-electron chi connectivity index (χ2n) is 5.22. The van der Waals surface area contributed by atoms with Crippen molar-refractivity contribution in [2.75, 3.05) is 13.2 Å². The molecule has 5 heteroatoms. The molecule has 0 spiro atoms. The Bertz CT molecular complexity index is 469. The van der Waals surface area contributed by atoms with Crippen LogP contribution in [0.25, 0.3) is 0 Å². The molecule has 1 aliphatic rings. The third kappa shape index (κ3) is 5.87. The molecular formula is C17H23NO4. The van der Waals surface area contributed by atoms with Crippen LogP contribution in [0.4, 0.5) is 4.79 Å². The van der Waals surface area contributed by atoms with Crippen LogP contribution in [0.15, 0.2) is 42.5 Å². The molecule has 0 bridgehead atoms. The number of carboxylic acid groups (broad SMARTS) is 1. The number of rotatable bonds is 7. The van der Waals surface area contributed by atoms with Gasteiger partial charge in [0.05, 0.1) is 12.6 Å². The lowest BCUT2D eigenvalue weighted by Crippen LogP contribution is -2.25. The summed E-state index contributed by atoms with van der Waals surface area (Å²) in [5.41, 5.74) is 0.915. The van der Waals surface area contributed by atoms with E-state index in [2.05, 4.69) is 5.32 Å². The van der Waals surface area contributed by atoms with Crippen molar-refractivity contribution >= 4 is 6.09 Å². The molecule has 1 aromatic rings. The van der Waals surface area contributed by atoms with E-state index >= 15 is 0 Å². The van der Waals surface area contributed by atoms with Crippen molar-refractivity contribution in [3.63, 3.8) is 0 Å². The van der Waals surface area contributed by atoms with Crippen LogP contribution in [0.3, 0.4) is 0 Å². The Labute approximate surface area is 130 Å². The van der Waals surface area contributed by atoms with Crippen LogP contribution in [0.1, 0.15) is 37.3 Å². The summed E-state index contributed by atoms with van der Waals surface area (Å²) < 4.78 is 11.1. The minimum absolute atomic E-state index is 0.0794. The predicted octanol–water partition coefficient (Wildman–Crippen LogP) is 3.48. The summed E-state index contributed by atoms with van der Waals surface area (Å²) in [7, 11) is 0. The van der Waals surface area contributed by atoms with Gasteiger partial charge in [-0.25, -0.2) is 4.79 Å². The normalized spacial score (nSPS) is 19.9. The molecule has 1 aromatic carbocycles. The first-order chi connectivity index (χ1) is 10.8. The minimum atomic E-state index is -1.04. The number of carbonyl (C=O) groups is 1. The lowest BCUT2D eigenvalue weighted by Gasteiger charge is -2.22. The second-order valence-corrected chi connectivity index (χ2v) is 5.22. The van der Waals surface area contributed by atoms with Gasteiger partial charge in [0.1, 0.15) is 0 Å². The molecule has 5 nitrogen and oxygen atoms in total. The van der Waals surface area contributed by atoms with Crippen LogP contribution in [-0.4, -0.2) is 30.7 Å². The summed E-state index contributed by atoms with van der Waals surface area (Å²) in [6.07, 6.45) is 6.62. The molecule has 0 radical (unpaired) electrons. The Morgan fingerprint density at radius 1 is 1.41 bits per heavy atom. The number of hydrogen-bond acceptors (Lipinski definition) is 3. The van der Waals surface area contributed by atoms with Crippen LogP contribution >= 0.6 is 0 Å². The predicted molar refractivity (Wildman–Crippen MR) is 83.6 cm³/mol. The SMILES string of the molecule is O=C(O)NC(/C=C/CCOC1CCCCO1)c1ccccc1. The molecule has 1 heterocycles. The Kier molecular flexibility index (Phi) is 6.93. The van der Waals surface area contributed by atoms with Crippen molar-refractivity contribution < 1.29 is 19.4 Å². The highest BCUT2D eigenvalue weighted by atomic mass is 16.7. The molecule has 0 saturated carbocycles. The summed E-state index contributed by atoms with van der Waals surface area (Å²) in [4.78, 5) is 10.9. The van der Waals surface area contributed by atoms with Gasteiger partial charge >= 0.3 is 6.09 Å². The van der Waals surface area contributed by atoms with Crippen LogP contribution < -0.4 is 5.32 Å². The molecular weight excluding hydrogens is 282 g/mol. The molecule has 1 saturated heterocycles. The number of amides is 1. The number of benzene rings is 1. The Balaban J connectivity index is 1.78. The third-order valence-electron chi connectivity index (χ3n) is 3.49. The molecule has 1 aliphatic heterocycles. The van der Waals surface area contributed by atoms with Gasteiger partial charge in [-0.15, -0.1) is 0 Å². The highest BCUT2D eigenvalue weighted by Crippen LogP contribution is 2.15. The minimum Gasteiger partial charge on any atom is -0.465 e. The maximum absolute atomic E-state index is 10.9. The number of nitrogens with one attached hydrogen (secondary N) is 1. The topological polar surface area (TPSA) is 67.8 Å². The van der Waals surface area contributed by atoms with Crippen LogP contribution in [0.5, 0.6) is 0 Å². The fourth-order valence-electron chi connectivity index (χ4n) is 2.38. The van der Waals surface area contributed by atoms with Crippen molar-refractivity contribution in [2.24, 2.45) is 0 Å². The zero-order valence-corrected chi connectivity index (χ0v) is 12.6. The van der Waals surface area contributed by atoms with Crippen molar-refractivity contribution in [3.05, 3.63) is 48.0 Å². The monoisotopic (exact) mass is 305 g/mol. The van der Waals surface area contributed by atoms with E-state index in [0.29, 0.717) is 6.61 Å². The molecule has 1 amide bonds. The molecule has 0 aromatic heterocycles. The first kappa shape index (κ1) is 16.5. The van der Waals surface area contributed by atoms with E-state index in [4.69, 9.17) is 14.6 Å². The summed E-state index contributed by atoms with van der Waals surface area (Å²) in [6.45, 7) is 1.36. The summed E-state index contributed by atoms with van der Waals surface area (Å²) in [5, 5.41) is 11.4. The van der Waals surface area contributed by atoms with Crippen molar-refractivity contribution in [3.8, 4) is 0 Å². The van der Waals surface area contributed by atoms with E-state index in [1.807, 2.05) is 42.5 Å². The van der Waals surface area contributed by atoms with Gasteiger partial charge in [0.2, 0.25) is 0 Å². The van der Waals surface area contributed by atoms with Gasteiger partial charge in [-0.05, 0) is 31.2 Å². The van der Waals surface area contributed by atoms with Crippen LogP contribution in [0.2, 0.25) is 0 Å². The lowest BCUT2D eigenvalue weighted by atomic mass is 10.1. The zero-order valence-electron chi connectivity index (χ0n) is 12.6. The molecule has 2 atom stereocenters. The van der Waals surface area contributed by atoms with Gasteiger partial charge in [-0.2, -0.15) is 0 Å². The Hall–Kier alpha value is -1.85. The molecule has 0 aliphatic carbocycles. The van der Waals surface area contributed by atoms with Crippen molar-refractivity contribution in [1.29, 1.82) is 0 Å². The van der Waals surface area contributed by atoms with Crippen LogP contribution in [0, 0.1) is 0 Å². The molecule has 120 valence electrons. The van der Waals surface area contributed by atoms with Gasteiger partial charge in [-0.3, -0.25) is 0 Å². The first-order valence-electron chi connectivity index (χ1n) is 7.70.